The first-order chi connectivity index (χ1) is 9.19. The van der Waals surface area contributed by atoms with E-state index in [0.717, 1.165) is 5.76 Å². The van der Waals surface area contributed by atoms with Gasteiger partial charge in [0.1, 0.15) is 23.2 Å². The number of benzene rings is 1. The van der Waals surface area contributed by atoms with E-state index >= 15 is 0 Å². The van der Waals surface area contributed by atoms with Crippen LogP contribution in [0.1, 0.15) is 11.5 Å². The van der Waals surface area contributed by atoms with Crippen LogP contribution in [0.2, 0.25) is 0 Å². The van der Waals surface area contributed by atoms with E-state index < -0.39 is 5.91 Å². The van der Waals surface area contributed by atoms with Gasteiger partial charge in [-0.15, -0.1) is 0 Å². The number of hydrogen-bond donors (Lipinski definition) is 1. The fourth-order valence-corrected chi connectivity index (χ4v) is 1.54. The normalized spacial score (nSPS) is 10.8. The van der Waals surface area contributed by atoms with Crippen LogP contribution in [0.3, 0.4) is 0 Å². The Hall–Kier alpha value is -2.80. The Kier molecular flexibility index (Phi) is 3.79. The molecule has 4 nitrogen and oxygen atoms in total. The Labute approximate surface area is 111 Å². The topological polar surface area (TPSA) is 66.0 Å². The van der Waals surface area contributed by atoms with Crippen molar-refractivity contribution in [3.63, 3.8) is 0 Å². The molecule has 0 aliphatic carbocycles. The third-order valence-electron chi connectivity index (χ3n) is 2.44. The van der Waals surface area contributed by atoms with Gasteiger partial charge in [-0.25, -0.2) is 0 Å². The SMILES string of the molecule is Cc1ccc(/C=C(/C#N)C(=O)Nc2ccccc2)o1. The predicted molar refractivity (Wildman–Crippen MR) is 72.1 cm³/mol. The Morgan fingerprint density at radius 1 is 1.26 bits per heavy atom. The number of para-hydroxylation sites is 1. The van der Waals surface area contributed by atoms with Gasteiger partial charge >= 0.3 is 0 Å². The lowest BCUT2D eigenvalue weighted by atomic mass is 10.2. The van der Waals surface area contributed by atoms with Gasteiger partial charge in [0.2, 0.25) is 0 Å². The molecule has 1 aromatic carbocycles. The number of amides is 1. The minimum absolute atomic E-state index is 0.00166. The Morgan fingerprint density at radius 2 is 2.00 bits per heavy atom. The molecule has 2 rings (SSSR count). The van der Waals surface area contributed by atoms with Gasteiger partial charge in [0.15, 0.2) is 0 Å². The number of furan rings is 1. The molecule has 0 spiro atoms. The molecule has 1 aromatic heterocycles. The van der Waals surface area contributed by atoms with Gasteiger partial charge in [0, 0.05) is 11.8 Å². The van der Waals surface area contributed by atoms with Crippen molar-refractivity contribution >= 4 is 17.7 Å². The first-order valence-corrected chi connectivity index (χ1v) is 5.73. The molecule has 0 aliphatic rings. The van der Waals surface area contributed by atoms with Gasteiger partial charge in [-0.3, -0.25) is 4.79 Å². The average molecular weight is 252 g/mol. The van der Waals surface area contributed by atoms with Crippen molar-refractivity contribution in [2.24, 2.45) is 0 Å². The summed E-state index contributed by atoms with van der Waals surface area (Å²) in [6.07, 6.45) is 1.42. The first kappa shape index (κ1) is 12.7. The molecule has 0 unspecified atom stereocenters. The van der Waals surface area contributed by atoms with E-state index in [-0.39, 0.29) is 5.57 Å². The molecule has 94 valence electrons. The Morgan fingerprint density at radius 3 is 2.58 bits per heavy atom. The van der Waals surface area contributed by atoms with E-state index in [1.807, 2.05) is 12.1 Å². The van der Waals surface area contributed by atoms with Gasteiger partial charge in [-0.05, 0) is 31.2 Å². The number of carbonyl (C=O) groups excluding carboxylic acids is 1. The van der Waals surface area contributed by atoms with Crippen LogP contribution in [0.4, 0.5) is 5.69 Å². The number of nitrogens with one attached hydrogen (secondary N) is 1. The third-order valence-corrected chi connectivity index (χ3v) is 2.44. The van der Waals surface area contributed by atoms with Gasteiger partial charge < -0.3 is 9.73 Å². The maximum Gasteiger partial charge on any atom is 0.266 e. The summed E-state index contributed by atoms with van der Waals surface area (Å²) in [6.45, 7) is 1.80. The summed E-state index contributed by atoms with van der Waals surface area (Å²) in [7, 11) is 0. The second-order valence-electron chi connectivity index (χ2n) is 3.94. The number of carbonyl (C=O) groups is 1. The van der Waals surface area contributed by atoms with Crippen molar-refractivity contribution in [2.45, 2.75) is 6.92 Å². The molecule has 0 saturated carbocycles. The number of nitriles is 1. The van der Waals surface area contributed by atoms with E-state index in [1.54, 1.807) is 43.3 Å². The van der Waals surface area contributed by atoms with Crippen molar-refractivity contribution in [1.82, 2.24) is 0 Å². The van der Waals surface area contributed by atoms with Crippen LogP contribution in [0.25, 0.3) is 6.08 Å². The smallest absolute Gasteiger partial charge is 0.266 e. The third kappa shape index (κ3) is 3.33. The zero-order valence-corrected chi connectivity index (χ0v) is 10.4. The van der Waals surface area contributed by atoms with E-state index in [0.29, 0.717) is 11.4 Å². The molecule has 4 heteroatoms. The quantitative estimate of drug-likeness (QED) is 0.674. The van der Waals surface area contributed by atoms with E-state index in [2.05, 4.69) is 5.32 Å². The molecule has 1 amide bonds. The molecule has 1 heterocycles. The lowest BCUT2D eigenvalue weighted by molar-refractivity contribution is -0.112. The summed E-state index contributed by atoms with van der Waals surface area (Å²) in [5, 5.41) is 11.7. The zero-order valence-electron chi connectivity index (χ0n) is 10.4. The molecule has 19 heavy (non-hydrogen) atoms. The molecular weight excluding hydrogens is 240 g/mol. The molecular formula is C15H12N2O2. The highest BCUT2D eigenvalue weighted by atomic mass is 16.3. The van der Waals surface area contributed by atoms with Gasteiger partial charge in [0.05, 0.1) is 0 Å². The van der Waals surface area contributed by atoms with Crippen LogP contribution in [0.5, 0.6) is 0 Å². The molecule has 2 aromatic rings. The average Bonchev–Trinajstić information content (AvgIpc) is 2.82. The maximum absolute atomic E-state index is 11.9. The monoisotopic (exact) mass is 252 g/mol. The van der Waals surface area contributed by atoms with Crippen molar-refractivity contribution < 1.29 is 9.21 Å². The first-order valence-electron chi connectivity index (χ1n) is 5.73. The predicted octanol–water partition coefficient (Wildman–Crippen LogP) is 3.13. The number of aryl methyl sites for hydroxylation is 1. The van der Waals surface area contributed by atoms with Crippen molar-refractivity contribution in [3.8, 4) is 6.07 Å². The summed E-state index contributed by atoms with van der Waals surface area (Å²) < 4.78 is 5.31. The number of rotatable bonds is 3. The summed E-state index contributed by atoms with van der Waals surface area (Å²) >= 11 is 0. The molecule has 0 saturated heterocycles. The molecule has 0 radical (unpaired) electrons. The molecule has 0 bridgehead atoms. The minimum atomic E-state index is -0.456. The molecule has 0 atom stereocenters. The van der Waals surface area contributed by atoms with Crippen LogP contribution < -0.4 is 5.32 Å². The lowest BCUT2D eigenvalue weighted by Gasteiger charge is -2.02. The fourth-order valence-electron chi connectivity index (χ4n) is 1.54. The van der Waals surface area contributed by atoms with Crippen LogP contribution in [-0.4, -0.2) is 5.91 Å². The Balaban J connectivity index is 2.16. The number of hydrogen-bond acceptors (Lipinski definition) is 3. The van der Waals surface area contributed by atoms with Crippen LogP contribution in [-0.2, 0) is 4.79 Å². The second-order valence-corrected chi connectivity index (χ2v) is 3.94. The lowest BCUT2D eigenvalue weighted by Crippen LogP contribution is -2.13. The summed E-state index contributed by atoms with van der Waals surface area (Å²) in [5.74, 6) is 0.757. The van der Waals surface area contributed by atoms with E-state index in [1.165, 1.54) is 6.08 Å². The van der Waals surface area contributed by atoms with Gasteiger partial charge in [-0.1, -0.05) is 18.2 Å². The standard InChI is InChI=1S/C15H12N2O2/c1-11-7-8-14(19-11)9-12(10-16)15(18)17-13-5-3-2-4-6-13/h2-9H,1H3,(H,17,18)/b12-9-. The van der Waals surface area contributed by atoms with Crippen LogP contribution in [0, 0.1) is 18.3 Å². The molecule has 0 aliphatic heterocycles. The van der Waals surface area contributed by atoms with E-state index in [4.69, 9.17) is 9.68 Å². The second kappa shape index (κ2) is 5.69. The highest BCUT2D eigenvalue weighted by Gasteiger charge is 2.10. The highest BCUT2D eigenvalue weighted by Crippen LogP contribution is 2.13. The summed E-state index contributed by atoms with van der Waals surface area (Å²) in [5.41, 5.74) is 0.641. The van der Waals surface area contributed by atoms with Crippen LogP contribution in [0.15, 0.2) is 52.5 Å². The fraction of sp³-hybridized carbons (Fsp3) is 0.0667. The van der Waals surface area contributed by atoms with Crippen molar-refractivity contribution in [2.75, 3.05) is 5.32 Å². The maximum atomic E-state index is 11.9. The summed E-state index contributed by atoms with van der Waals surface area (Å²) in [6, 6.07) is 14.3. The van der Waals surface area contributed by atoms with Crippen LogP contribution >= 0.6 is 0 Å². The highest BCUT2D eigenvalue weighted by molar-refractivity contribution is 6.09. The Bertz CT molecular complexity index is 648. The number of anilines is 1. The van der Waals surface area contributed by atoms with Crippen molar-refractivity contribution in [1.29, 1.82) is 5.26 Å². The van der Waals surface area contributed by atoms with Gasteiger partial charge in [0.25, 0.3) is 5.91 Å². The summed E-state index contributed by atoms with van der Waals surface area (Å²) in [4.78, 5) is 11.9. The minimum Gasteiger partial charge on any atom is -0.462 e. The number of nitrogens with zero attached hydrogens (tertiary/aromatic N) is 1. The molecule has 0 fully saturated rings. The van der Waals surface area contributed by atoms with Gasteiger partial charge in [-0.2, -0.15) is 5.26 Å². The van der Waals surface area contributed by atoms with Crippen molar-refractivity contribution in [3.05, 3.63) is 59.6 Å². The largest absolute Gasteiger partial charge is 0.462 e. The zero-order chi connectivity index (χ0) is 13.7. The molecule has 1 N–H and O–H groups in total. The van der Waals surface area contributed by atoms with E-state index in [9.17, 15) is 4.79 Å².